The van der Waals surface area contributed by atoms with E-state index in [-0.39, 0.29) is 23.6 Å². The third-order valence-electron chi connectivity index (χ3n) is 7.09. The number of piperazine rings is 1. The van der Waals surface area contributed by atoms with Crippen molar-refractivity contribution in [3.63, 3.8) is 0 Å². The molecule has 3 heterocycles. The fourth-order valence-corrected chi connectivity index (χ4v) is 5.60. The molecule has 0 bridgehead atoms. The van der Waals surface area contributed by atoms with Crippen LogP contribution in [0.1, 0.15) is 16.7 Å². The Hall–Kier alpha value is -4.07. The Morgan fingerprint density at radius 1 is 1.19 bits per heavy atom. The van der Waals surface area contributed by atoms with Gasteiger partial charge in [-0.15, -0.1) is 0 Å². The highest BCUT2D eigenvalue weighted by Crippen LogP contribution is 2.37. The van der Waals surface area contributed by atoms with E-state index < -0.39 is 0 Å². The van der Waals surface area contributed by atoms with Crippen LogP contribution in [0.25, 0.3) is 15.6 Å². The van der Waals surface area contributed by atoms with Crippen LogP contribution >= 0.6 is 11.6 Å². The SMILES string of the molecule is [C-]#[N+]CC1CN(c2nc(Cl)c(C#N)c3c2CCN(c2cccc4ccccc24)C3)CCN1C(=O)C=C. The first-order chi connectivity index (χ1) is 17.5. The van der Waals surface area contributed by atoms with Crippen molar-refractivity contribution >= 4 is 39.8 Å². The molecular formula is C28H25ClN6O. The number of amides is 1. The van der Waals surface area contributed by atoms with Crippen LogP contribution in [0.5, 0.6) is 0 Å². The van der Waals surface area contributed by atoms with Gasteiger partial charge in [-0.25, -0.2) is 11.6 Å². The fraction of sp³-hybridized carbons (Fsp3) is 0.286. The molecule has 36 heavy (non-hydrogen) atoms. The third-order valence-corrected chi connectivity index (χ3v) is 7.36. The molecule has 0 saturated carbocycles. The minimum atomic E-state index is -0.260. The molecule has 3 aromatic rings. The molecule has 5 rings (SSSR count). The van der Waals surface area contributed by atoms with Gasteiger partial charge in [0.25, 0.3) is 0 Å². The average Bonchev–Trinajstić information content (AvgIpc) is 2.91. The second-order valence-electron chi connectivity index (χ2n) is 9.02. The number of benzene rings is 2. The lowest BCUT2D eigenvalue weighted by Crippen LogP contribution is -2.56. The lowest BCUT2D eigenvalue weighted by molar-refractivity contribution is -0.128. The predicted octanol–water partition coefficient (Wildman–Crippen LogP) is 4.45. The molecule has 7 nitrogen and oxygen atoms in total. The van der Waals surface area contributed by atoms with Crippen LogP contribution in [0.15, 0.2) is 55.1 Å². The maximum Gasteiger partial charge on any atom is 0.246 e. The number of nitriles is 1. The molecule has 1 amide bonds. The highest BCUT2D eigenvalue weighted by atomic mass is 35.5. The number of carbonyl (C=O) groups is 1. The Morgan fingerprint density at radius 3 is 2.78 bits per heavy atom. The molecule has 1 atom stereocenters. The minimum absolute atomic E-state index is 0.165. The molecule has 1 saturated heterocycles. The summed E-state index contributed by atoms with van der Waals surface area (Å²) in [5, 5.41) is 12.5. The quantitative estimate of drug-likeness (QED) is 0.303. The van der Waals surface area contributed by atoms with Crippen LogP contribution in [0.3, 0.4) is 0 Å². The van der Waals surface area contributed by atoms with Crippen LogP contribution in [0.2, 0.25) is 5.15 Å². The van der Waals surface area contributed by atoms with Crippen LogP contribution in [-0.2, 0) is 17.8 Å². The molecule has 0 spiro atoms. The second kappa shape index (κ2) is 9.89. The molecular weight excluding hydrogens is 472 g/mol. The van der Waals surface area contributed by atoms with Gasteiger partial charge in [-0.3, -0.25) is 4.79 Å². The van der Waals surface area contributed by atoms with E-state index in [0.717, 1.165) is 29.2 Å². The fourth-order valence-electron chi connectivity index (χ4n) is 5.36. The maximum absolute atomic E-state index is 12.3. The first-order valence-electron chi connectivity index (χ1n) is 11.9. The number of aromatic nitrogens is 1. The van der Waals surface area contributed by atoms with Crippen LogP contribution in [0, 0.1) is 17.9 Å². The lowest BCUT2D eigenvalue weighted by Gasteiger charge is -2.41. The highest BCUT2D eigenvalue weighted by Gasteiger charge is 2.35. The van der Waals surface area contributed by atoms with Gasteiger partial charge in [0.15, 0.2) is 0 Å². The summed E-state index contributed by atoms with van der Waals surface area (Å²) in [4.78, 5) is 26.7. The Balaban J connectivity index is 1.52. The minimum Gasteiger partial charge on any atom is -0.366 e. The summed E-state index contributed by atoms with van der Waals surface area (Å²) in [5.74, 6) is 0.592. The normalized spacial score (nSPS) is 17.3. The van der Waals surface area contributed by atoms with E-state index in [1.807, 2.05) is 12.1 Å². The number of anilines is 2. The molecule has 0 aliphatic carbocycles. The number of fused-ring (bicyclic) bond motifs is 2. The molecule has 2 aliphatic rings. The van der Waals surface area contributed by atoms with Gasteiger partial charge in [0.2, 0.25) is 12.5 Å². The summed E-state index contributed by atoms with van der Waals surface area (Å²) in [6.07, 6.45) is 2.01. The zero-order valence-corrected chi connectivity index (χ0v) is 20.6. The van der Waals surface area contributed by atoms with Crippen molar-refractivity contribution in [3.05, 3.63) is 88.4 Å². The maximum atomic E-state index is 12.3. The zero-order chi connectivity index (χ0) is 25.2. The third kappa shape index (κ3) is 4.12. The van der Waals surface area contributed by atoms with Crippen molar-refractivity contribution in [2.75, 3.05) is 42.5 Å². The first-order valence-corrected chi connectivity index (χ1v) is 12.3. The van der Waals surface area contributed by atoms with Gasteiger partial charge in [0.05, 0.1) is 5.56 Å². The standard InChI is InChI=1S/C28H25ClN6O/c1-3-26(36)35-14-13-34(17-20(35)16-31-2)28-22-11-12-33(18-24(22)23(15-30)27(29)32-28)25-10-6-8-19-7-4-5-9-21(19)25/h3-10,20H,1,11-14,16-18H2. The van der Waals surface area contributed by atoms with Crippen molar-refractivity contribution in [1.82, 2.24) is 9.88 Å². The Bertz CT molecular complexity index is 1430. The number of hydrogen-bond acceptors (Lipinski definition) is 5. The molecule has 1 aromatic heterocycles. The molecule has 180 valence electrons. The van der Waals surface area contributed by atoms with Crippen molar-refractivity contribution < 1.29 is 4.79 Å². The van der Waals surface area contributed by atoms with E-state index in [1.165, 1.54) is 16.8 Å². The van der Waals surface area contributed by atoms with E-state index in [2.05, 4.69) is 62.6 Å². The largest absolute Gasteiger partial charge is 0.366 e. The van der Waals surface area contributed by atoms with Gasteiger partial charge >= 0.3 is 0 Å². The Kier molecular flexibility index (Phi) is 6.50. The number of rotatable bonds is 4. The van der Waals surface area contributed by atoms with Gasteiger partial charge < -0.3 is 19.5 Å². The van der Waals surface area contributed by atoms with Crippen molar-refractivity contribution in [1.29, 1.82) is 5.26 Å². The first kappa shape index (κ1) is 23.7. The van der Waals surface area contributed by atoms with Crippen LogP contribution in [0.4, 0.5) is 11.5 Å². The van der Waals surface area contributed by atoms with E-state index in [0.29, 0.717) is 38.2 Å². The smallest absolute Gasteiger partial charge is 0.246 e. The molecule has 2 aliphatic heterocycles. The summed E-state index contributed by atoms with van der Waals surface area (Å²) in [6.45, 7) is 14.0. The van der Waals surface area contributed by atoms with Crippen molar-refractivity contribution in [2.24, 2.45) is 0 Å². The van der Waals surface area contributed by atoms with Crippen LogP contribution < -0.4 is 9.80 Å². The summed E-state index contributed by atoms with van der Waals surface area (Å²) >= 11 is 6.57. The average molecular weight is 497 g/mol. The van der Waals surface area contributed by atoms with Crippen molar-refractivity contribution in [2.45, 2.75) is 19.0 Å². The van der Waals surface area contributed by atoms with Crippen molar-refractivity contribution in [3.8, 4) is 6.07 Å². The predicted molar refractivity (Wildman–Crippen MR) is 142 cm³/mol. The summed E-state index contributed by atoms with van der Waals surface area (Å²) < 4.78 is 0. The Morgan fingerprint density at radius 2 is 2.00 bits per heavy atom. The second-order valence-corrected chi connectivity index (χ2v) is 9.37. The summed E-state index contributed by atoms with van der Waals surface area (Å²) in [5.41, 5.74) is 3.47. The Labute approximate surface area is 215 Å². The number of nitrogens with zero attached hydrogens (tertiary/aromatic N) is 6. The molecule has 1 unspecified atom stereocenters. The van der Waals surface area contributed by atoms with Gasteiger partial charge in [-0.2, -0.15) is 5.26 Å². The van der Waals surface area contributed by atoms with E-state index >= 15 is 0 Å². The number of carbonyl (C=O) groups excluding carboxylic acids is 1. The lowest BCUT2D eigenvalue weighted by atomic mass is 9.95. The molecule has 2 aromatic carbocycles. The molecule has 1 fully saturated rings. The van der Waals surface area contributed by atoms with E-state index in [1.54, 1.807) is 4.90 Å². The molecule has 0 N–H and O–H groups in total. The van der Waals surface area contributed by atoms with E-state index in [4.69, 9.17) is 18.2 Å². The summed E-state index contributed by atoms with van der Waals surface area (Å²) in [6, 6.07) is 16.6. The molecule has 8 heteroatoms. The van der Waals surface area contributed by atoms with E-state index in [9.17, 15) is 10.1 Å². The zero-order valence-electron chi connectivity index (χ0n) is 19.8. The monoisotopic (exact) mass is 496 g/mol. The summed E-state index contributed by atoms with van der Waals surface area (Å²) in [7, 11) is 0. The number of halogens is 1. The van der Waals surface area contributed by atoms with Gasteiger partial charge in [-0.05, 0) is 29.5 Å². The van der Waals surface area contributed by atoms with Gasteiger partial charge in [0, 0.05) is 49.4 Å². The van der Waals surface area contributed by atoms with Gasteiger partial charge in [-0.1, -0.05) is 54.6 Å². The van der Waals surface area contributed by atoms with Crippen LogP contribution in [-0.4, -0.2) is 54.6 Å². The topological polar surface area (TPSA) is 67.8 Å². The molecule has 0 radical (unpaired) electrons. The number of pyridine rings is 1. The van der Waals surface area contributed by atoms with Gasteiger partial charge in [0.1, 0.15) is 23.1 Å². The number of hydrogen-bond donors (Lipinski definition) is 0. The highest BCUT2D eigenvalue weighted by molar-refractivity contribution is 6.30.